The molecular weight excluding hydrogens is 266 g/mol. The van der Waals surface area contributed by atoms with Gasteiger partial charge in [0, 0.05) is 19.5 Å². The Kier molecular flexibility index (Phi) is 3.14. The van der Waals surface area contributed by atoms with Crippen LogP contribution in [0.25, 0.3) is 0 Å². The monoisotopic (exact) mass is 285 g/mol. The van der Waals surface area contributed by atoms with Crippen LogP contribution in [0, 0.1) is 5.41 Å². The quantitative estimate of drug-likeness (QED) is 0.923. The van der Waals surface area contributed by atoms with Crippen LogP contribution in [0.5, 0.6) is 0 Å². The van der Waals surface area contributed by atoms with Gasteiger partial charge in [0.05, 0.1) is 15.9 Å². The SMILES string of the molecule is CCc1nn(C)c(CC(N)C2(C)CC2)c1Br. The molecule has 0 aromatic carbocycles. The summed E-state index contributed by atoms with van der Waals surface area (Å²) >= 11 is 3.64. The van der Waals surface area contributed by atoms with E-state index < -0.39 is 0 Å². The highest BCUT2D eigenvalue weighted by atomic mass is 79.9. The van der Waals surface area contributed by atoms with Crippen molar-refractivity contribution >= 4 is 15.9 Å². The molecule has 1 aromatic rings. The standard InChI is InChI=1S/C12H20BrN3/c1-4-8-11(13)9(16(3)15-8)7-10(14)12(2)5-6-12/h10H,4-7,14H2,1-3H3. The minimum absolute atomic E-state index is 0.254. The molecule has 2 N–H and O–H groups in total. The lowest BCUT2D eigenvalue weighted by molar-refractivity contribution is 0.423. The van der Waals surface area contributed by atoms with E-state index in [1.54, 1.807) is 0 Å². The Balaban J connectivity index is 2.17. The van der Waals surface area contributed by atoms with Gasteiger partial charge < -0.3 is 5.73 Å². The second kappa shape index (κ2) is 4.15. The van der Waals surface area contributed by atoms with E-state index >= 15 is 0 Å². The Morgan fingerprint density at radius 1 is 1.56 bits per heavy atom. The summed E-state index contributed by atoms with van der Waals surface area (Å²) in [6, 6.07) is 0.254. The van der Waals surface area contributed by atoms with Crippen molar-refractivity contribution in [2.75, 3.05) is 0 Å². The molecule has 1 saturated carbocycles. The fourth-order valence-electron chi connectivity index (χ4n) is 2.06. The van der Waals surface area contributed by atoms with Crippen LogP contribution in [0.2, 0.25) is 0 Å². The summed E-state index contributed by atoms with van der Waals surface area (Å²) < 4.78 is 3.12. The molecule has 4 heteroatoms. The summed E-state index contributed by atoms with van der Waals surface area (Å²) in [7, 11) is 2.00. The molecule has 1 unspecified atom stereocenters. The van der Waals surface area contributed by atoms with Crippen LogP contribution >= 0.6 is 15.9 Å². The van der Waals surface area contributed by atoms with Gasteiger partial charge in [0.2, 0.25) is 0 Å². The number of hydrogen-bond acceptors (Lipinski definition) is 2. The molecule has 0 spiro atoms. The minimum atomic E-state index is 0.254. The van der Waals surface area contributed by atoms with E-state index in [1.165, 1.54) is 18.5 Å². The number of nitrogens with zero attached hydrogens (tertiary/aromatic N) is 2. The summed E-state index contributed by atoms with van der Waals surface area (Å²) in [6.45, 7) is 4.40. The molecule has 0 amide bonds. The van der Waals surface area contributed by atoms with Crippen molar-refractivity contribution in [2.45, 2.75) is 45.6 Å². The molecule has 1 aliphatic carbocycles. The predicted octanol–water partition coefficient (Wildman–Crippen LogP) is 2.41. The normalized spacial score (nSPS) is 19.8. The first-order chi connectivity index (χ1) is 7.48. The summed E-state index contributed by atoms with van der Waals surface area (Å²) in [5.41, 5.74) is 9.01. The van der Waals surface area contributed by atoms with Crippen molar-refractivity contribution < 1.29 is 0 Å². The third kappa shape index (κ3) is 2.05. The Hall–Kier alpha value is -0.350. The molecular formula is C12H20BrN3. The highest BCUT2D eigenvalue weighted by molar-refractivity contribution is 9.10. The molecule has 1 atom stereocenters. The maximum atomic E-state index is 6.27. The van der Waals surface area contributed by atoms with Crippen LogP contribution in [0.3, 0.4) is 0 Å². The van der Waals surface area contributed by atoms with Gasteiger partial charge >= 0.3 is 0 Å². The van der Waals surface area contributed by atoms with Gasteiger partial charge in [-0.1, -0.05) is 13.8 Å². The van der Waals surface area contributed by atoms with Gasteiger partial charge in [0.15, 0.2) is 0 Å². The first kappa shape index (κ1) is 12.1. The summed E-state index contributed by atoms with van der Waals surface area (Å²) in [5, 5.41) is 4.50. The molecule has 0 bridgehead atoms. The van der Waals surface area contributed by atoms with Crippen LogP contribution in [0.15, 0.2) is 4.47 Å². The second-order valence-corrected chi connectivity index (χ2v) is 5.94. The molecule has 90 valence electrons. The molecule has 1 aliphatic rings. The van der Waals surface area contributed by atoms with Crippen LogP contribution in [-0.2, 0) is 19.9 Å². The van der Waals surface area contributed by atoms with Crippen molar-refractivity contribution in [2.24, 2.45) is 18.2 Å². The van der Waals surface area contributed by atoms with Crippen molar-refractivity contribution in [3.05, 3.63) is 15.9 Å². The van der Waals surface area contributed by atoms with E-state index in [0.29, 0.717) is 5.41 Å². The van der Waals surface area contributed by atoms with E-state index in [9.17, 15) is 0 Å². The number of nitrogens with two attached hydrogens (primary N) is 1. The molecule has 3 nitrogen and oxygen atoms in total. The molecule has 0 radical (unpaired) electrons. The molecule has 1 heterocycles. The van der Waals surface area contributed by atoms with E-state index in [1.807, 2.05) is 11.7 Å². The zero-order valence-corrected chi connectivity index (χ0v) is 11.8. The number of halogens is 1. The largest absolute Gasteiger partial charge is 0.327 e. The zero-order valence-electron chi connectivity index (χ0n) is 10.3. The lowest BCUT2D eigenvalue weighted by Crippen LogP contribution is -2.32. The first-order valence-corrected chi connectivity index (χ1v) is 6.73. The highest BCUT2D eigenvalue weighted by Crippen LogP contribution is 2.48. The maximum Gasteiger partial charge on any atom is 0.0766 e. The van der Waals surface area contributed by atoms with Gasteiger partial charge in [-0.15, -0.1) is 0 Å². The minimum Gasteiger partial charge on any atom is -0.327 e. The predicted molar refractivity (Wildman–Crippen MR) is 69.3 cm³/mol. The lowest BCUT2D eigenvalue weighted by atomic mass is 9.95. The molecule has 16 heavy (non-hydrogen) atoms. The van der Waals surface area contributed by atoms with Crippen LogP contribution in [0.4, 0.5) is 0 Å². The smallest absolute Gasteiger partial charge is 0.0766 e. The first-order valence-electron chi connectivity index (χ1n) is 5.93. The fourth-order valence-corrected chi connectivity index (χ4v) is 2.84. The van der Waals surface area contributed by atoms with Gasteiger partial charge in [-0.05, 0) is 40.6 Å². The van der Waals surface area contributed by atoms with Crippen LogP contribution < -0.4 is 5.73 Å². The van der Waals surface area contributed by atoms with Gasteiger partial charge in [-0.3, -0.25) is 4.68 Å². The molecule has 0 aliphatic heterocycles. The summed E-state index contributed by atoms with van der Waals surface area (Å²) in [4.78, 5) is 0. The highest BCUT2D eigenvalue weighted by Gasteiger charge is 2.43. The van der Waals surface area contributed by atoms with Crippen molar-refractivity contribution in [3.8, 4) is 0 Å². The van der Waals surface area contributed by atoms with Crippen molar-refractivity contribution in [1.82, 2.24) is 9.78 Å². The topological polar surface area (TPSA) is 43.8 Å². The van der Waals surface area contributed by atoms with Gasteiger partial charge in [0.25, 0.3) is 0 Å². The molecule has 2 rings (SSSR count). The second-order valence-electron chi connectivity index (χ2n) is 5.15. The lowest BCUT2D eigenvalue weighted by Gasteiger charge is -2.18. The Labute approximate surface area is 106 Å². The summed E-state index contributed by atoms with van der Waals surface area (Å²) in [6.07, 6.45) is 4.41. The van der Waals surface area contributed by atoms with E-state index in [-0.39, 0.29) is 6.04 Å². The van der Waals surface area contributed by atoms with Gasteiger partial charge in [0.1, 0.15) is 0 Å². The van der Waals surface area contributed by atoms with Crippen LogP contribution in [0.1, 0.15) is 38.1 Å². The van der Waals surface area contributed by atoms with Gasteiger partial charge in [-0.25, -0.2) is 0 Å². The maximum absolute atomic E-state index is 6.27. The average Bonchev–Trinajstić information content (AvgIpc) is 2.94. The molecule has 1 fully saturated rings. The molecule has 1 aromatic heterocycles. The van der Waals surface area contributed by atoms with Crippen molar-refractivity contribution in [1.29, 1.82) is 0 Å². The third-order valence-corrected chi connectivity index (χ3v) is 4.77. The van der Waals surface area contributed by atoms with E-state index in [2.05, 4.69) is 34.9 Å². The third-order valence-electron chi connectivity index (χ3n) is 3.85. The Morgan fingerprint density at radius 2 is 2.19 bits per heavy atom. The Morgan fingerprint density at radius 3 is 2.62 bits per heavy atom. The Bertz CT molecular complexity index is 393. The fraction of sp³-hybridized carbons (Fsp3) is 0.750. The van der Waals surface area contributed by atoms with Gasteiger partial charge in [-0.2, -0.15) is 5.10 Å². The molecule has 0 saturated heterocycles. The summed E-state index contributed by atoms with van der Waals surface area (Å²) in [5.74, 6) is 0. The van der Waals surface area contributed by atoms with Crippen LogP contribution in [-0.4, -0.2) is 15.8 Å². The number of aryl methyl sites for hydroxylation is 2. The number of hydrogen-bond donors (Lipinski definition) is 1. The van der Waals surface area contributed by atoms with Crippen molar-refractivity contribution in [3.63, 3.8) is 0 Å². The zero-order chi connectivity index (χ0) is 11.9. The van der Waals surface area contributed by atoms with E-state index in [0.717, 1.165) is 23.0 Å². The van der Waals surface area contributed by atoms with E-state index in [4.69, 9.17) is 5.73 Å². The number of rotatable bonds is 4. The average molecular weight is 286 g/mol. The number of aromatic nitrogens is 2.